The minimum Gasteiger partial charge on any atom is -0.389 e. The lowest BCUT2D eigenvalue weighted by Gasteiger charge is -2.29. The van der Waals surface area contributed by atoms with Gasteiger partial charge >= 0.3 is 0 Å². The fourth-order valence-corrected chi connectivity index (χ4v) is 2.82. The molecule has 0 aromatic heterocycles. The number of anilines is 1. The molecule has 0 aliphatic rings. The lowest BCUT2D eigenvalue weighted by Crippen LogP contribution is -2.30. The molecular formula is C15H24BrNO. The van der Waals surface area contributed by atoms with Crippen LogP contribution in [0.4, 0.5) is 5.69 Å². The van der Waals surface area contributed by atoms with E-state index >= 15 is 0 Å². The fourth-order valence-electron chi connectivity index (χ4n) is 2.15. The molecule has 102 valence electrons. The topological polar surface area (TPSA) is 23.5 Å². The summed E-state index contributed by atoms with van der Waals surface area (Å²) < 4.78 is 1.04. The van der Waals surface area contributed by atoms with Crippen molar-refractivity contribution in [2.75, 3.05) is 11.9 Å². The van der Waals surface area contributed by atoms with Crippen LogP contribution in [0.5, 0.6) is 0 Å². The minimum atomic E-state index is -0.422. The third-order valence-corrected chi connectivity index (χ3v) is 3.94. The first-order chi connectivity index (χ1) is 8.32. The second-order valence-corrected chi connectivity index (χ2v) is 6.33. The molecule has 18 heavy (non-hydrogen) atoms. The Hall–Kier alpha value is -0.540. The number of nitrogens with zero attached hydrogens (tertiary/aromatic N) is 1. The van der Waals surface area contributed by atoms with E-state index in [1.54, 1.807) is 6.92 Å². The zero-order valence-electron chi connectivity index (χ0n) is 11.9. The van der Waals surface area contributed by atoms with E-state index in [4.69, 9.17) is 0 Å². The van der Waals surface area contributed by atoms with Crippen molar-refractivity contribution < 1.29 is 5.11 Å². The van der Waals surface area contributed by atoms with E-state index in [1.165, 1.54) is 12.1 Å². The van der Waals surface area contributed by atoms with Gasteiger partial charge < -0.3 is 10.0 Å². The standard InChI is InChI=1S/C15H24BrNO/c1-10(2)8-11(3)17(5)15-7-6-13(12(4)18)9-14(15)16/h6-7,9-12,18H,8H2,1-5H3/t11?,12-/m0/s1. The molecular weight excluding hydrogens is 290 g/mol. The highest BCUT2D eigenvalue weighted by molar-refractivity contribution is 9.10. The summed E-state index contributed by atoms with van der Waals surface area (Å²) in [7, 11) is 2.12. The number of aliphatic hydroxyl groups is 1. The number of halogens is 1. The summed E-state index contributed by atoms with van der Waals surface area (Å²) in [5, 5.41) is 9.57. The van der Waals surface area contributed by atoms with Gasteiger partial charge in [0.25, 0.3) is 0 Å². The highest BCUT2D eigenvalue weighted by Gasteiger charge is 2.15. The predicted molar refractivity (Wildman–Crippen MR) is 82.1 cm³/mol. The third-order valence-electron chi connectivity index (χ3n) is 3.31. The number of hydrogen-bond acceptors (Lipinski definition) is 2. The SMILES string of the molecule is CC(C)CC(C)N(C)c1ccc([C@H](C)O)cc1Br. The van der Waals surface area contributed by atoms with Crippen LogP contribution in [0.2, 0.25) is 0 Å². The molecule has 0 fully saturated rings. The van der Waals surface area contributed by atoms with Gasteiger partial charge in [0.2, 0.25) is 0 Å². The zero-order valence-corrected chi connectivity index (χ0v) is 13.5. The molecule has 1 aromatic rings. The number of rotatable bonds is 5. The van der Waals surface area contributed by atoms with E-state index < -0.39 is 6.10 Å². The summed E-state index contributed by atoms with van der Waals surface area (Å²) in [6.07, 6.45) is 0.745. The predicted octanol–water partition coefficient (Wildman–Crippen LogP) is 4.37. The van der Waals surface area contributed by atoms with Gasteiger partial charge in [0.1, 0.15) is 0 Å². The van der Waals surface area contributed by atoms with Gasteiger partial charge in [0.15, 0.2) is 0 Å². The molecule has 0 spiro atoms. The Labute approximate surface area is 119 Å². The van der Waals surface area contributed by atoms with Crippen molar-refractivity contribution in [3.8, 4) is 0 Å². The molecule has 0 saturated heterocycles. The van der Waals surface area contributed by atoms with E-state index in [0.29, 0.717) is 12.0 Å². The summed E-state index contributed by atoms with van der Waals surface area (Å²) in [5.41, 5.74) is 2.11. The molecule has 2 nitrogen and oxygen atoms in total. The van der Waals surface area contributed by atoms with Crippen LogP contribution in [-0.4, -0.2) is 18.2 Å². The second kappa shape index (κ2) is 6.58. The molecule has 0 bridgehead atoms. The summed E-state index contributed by atoms with van der Waals surface area (Å²) in [5.74, 6) is 0.693. The van der Waals surface area contributed by atoms with Gasteiger partial charge in [-0.1, -0.05) is 19.9 Å². The average molecular weight is 314 g/mol. The highest BCUT2D eigenvalue weighted by atomic mass is 79.9. The largest absolute Gasteiger partial charge is 0.389 e. The Morgan fingerprint density at radius 3 is 2.28 bits per heavy atom. The molecule has 3 heteroatoms. The number of benzene rings is 1. The minimum absolute atomic E-state index is 0.422. The Morgan fingerprint density at radius 2 is 1.83 bits per heavy atom. The smallest absolute Gasteiger partial charge is 0.0762 e. The Bertz CT molecular complexity index is 390. The van der Waals surface area contributed by atoms with Crippen LogP contribution in [-0.2, 0) is 0 Å². The first kappa shape index (κ1) is 15.5. The highest BCUT2D eigenvalue weighted by Crippen LogP contribution is 2.30. The summed E-state index contributed by atoms with van der Waals surface area (Å²) in [6, 6.07) is 6.56. The van der Waals surface area contributed by atoms with Crippen molar-refractivity contribution in [1.29, 1.82) is 0 Å². The molecule has 1 N–H and O–H groups in total. The van der Waals surface area contributed by atoms with Crippen LogP contribution < -0.4 is 4.90 Å². The molecule has 0 radical (unpaired) electrons. The van der Waals surface area contributed by atoms with Crippen molar-refractivity contribution in [3.05, 3.63) is 28.2 Å². The summed E-state index contributed by atoms with van der Waals surface area (Å²) in [4.78, 5) is 2.29. The first-order valence-electron chi connectivity index (χ1n) is 6.53. The molecule has 0 aliphatic heterocycles. The van der Waals surface area contributed by atoms with Crippen molar-refractivity contribution >= 4 is 21.6 Å². The lowest BCUT2D eigenvalue weighted by atomic mass is 10.0. The van der Waals surface area contributed by atoms with Crippen molar-refractivity contribution in [2.45, 2.75) is 46.3 Å². The molecule has 2 atom stereocenters. The Kier molecular flexibility index (Phi) is 5.67. The van der Waals surface area contributed by atoms with Gasteiger partial charge in [-0.15, -0.1) is 0 Å². The third kappa shape index (κ3) is 3.99. The van der Waals surface area contributed by atoms with Gasteiger partial charge in [-0.3, -0.25) is 0 Å². The van der Waals surface area contributed by atoms with Crippen LogP contribution in [0.3, 0.4) is 0 Å². The second-order valence-electron chi connectivity index (χ2n) is 5.48. The van der Waals surface area contributed by atoms with Crippen LogP contribution in [0.25, 0.3) is 0 Å². The Balaban J connectivity index is 2.89. The van der Waals surface area contributed by atoms with E-state index in [2.05, 4.69) is 54.7 Å². The van der Waals surface area contributed by atoms with E-state index in [1.807, 2.05) is 12.1 Å². The van der Waals surface area contributed by atoms with Gasteiger partial charge in [-0.05, 0) is 59.8 Å². The Morgan fingerprint density at radius 1 is 1.22 bits per heavy atom. The van der Waals surface area contributed by atoms with Gasteiger partial charge in [0.05, 0.1) is 11.8 Å². The van der Waals surface area contributed by atoms with Gasteiger partial charge in [-0.2, -0.15) is 0 Å². The van der Waals surface area contributed by atoms with E-state index in [-0.39, 0.29) is 0 Å². The van der Waals surface area contributed by atoms with Gasteiger partial charge in [0, 0.05) is 17.6 Å². The van der Waals surface area contributed by atoms with E-state index in [0.717, 1.165) is 10.0 Å². The molecule has 0 amide bonds. The molecule has 0 aliphatic carbocycles. The molecule has 1 unspecified atom stereocenters. The normalized spacial score (nSPS) is 14.7. The van der Waals surface area contributed by atoms with Crippen molar-refractivity contribution in [3.63, 3.8) is 0 Å². The molecule has 0 saturated carbocycles. The van der Waals surface area contributed by atoms with Crippen LogP contribution in [0.1, 0.15) is 45.8 Å². The summed E-state index contributed by atoms with van der Waals surface area (Å²) >= 11 is 3.60. The quantitative estimate of drug-likeness (QED) is 0.872. The van der Waals surface area contributed by atoms with Crippen LogP contribution >= 0.6 is 15.9 Å². The fraction of sp³-hybridized carbons (Fsp3) is 0.600. The van der Waals surface area contributed by atoms with Gasteiger partial charge in [-0.25, -0.2) is 0 Å². The molecule has 1 aromatic carbocycles. The average Bonchev–Trinajstić information content (AvgIpc) is 2.26. The first-order valence-corrected chi connectivity index (χ1v) is 7.32. The number of hydrogen-bond donors (Lipinski definition) is 1. The van der Waals surface area contributed by atoms with Crippen LogP contribution in [0, 0.1) is 5.92 Å². The molecule has 1 rings (SSSR count). The maximum absolute atomic E-state index is 9.57. The van der Waals surface area contributed by atoms with E-state index in [9.17, 15) is 5.11 Å². The number of aliphatic hydroxyl groups excluding tert-OH is 1. The molecule has 0 heterocycles. The maximum atomic E-state index is 9.57. The van der Waals surface area contributed by atoms with Crippen molar-refractivity contribution in [1.82, 2.24) is 0 Å². The lowest BCUT2D eigenvalue weighted by molar-refractivity contribution is 0.199. The van der Waals surface area contributed by atoms with Crippen molar-refractivity contribution in [2.24, 2.45) is 5.92 Å². The van der Waals surface area contributed by atoms with Crippen LogP contribution in [0.15, 0.2) is 22.7 Å². The summed E-state index contributed by atoms with van der Waals surface area (Å²) in [6.45, 7) is 8.52. The zero-order chi connectivity index (χ0) is 13.9. The maximum Gasteiger partial charge on any atom is 0.0762 e. The monoisotopic (exact) mass is 313 g/mol.